The first-order valence-corrected chi connectivity index (χ1v) is 10.7. The molecule has 0 N–H and O–H groups in total. The molecule has 4 aromatic rings. The Morgan fingerprint density at radius 3 is 2.21 bits per heavy atom. The predicted molar refractivity (Wildman–Crippen MR) is 121 cm³/mol. The van der Waals surface area contributed by atoms with Crippen LogP contribution in [-0.2, 0) is 26.1 Å². The molecule has 0 radical (unpaired) electrons. The summed E-state index contributed by atoms with van der Waals surface area (Å²) in [6.07, 6.45) is 2.37. The summed E-state index contributed by atoms with van der Waals surface area (Å²) in [5.74, 6) is 0. The minimum Gasteiger partial charge on any atom is -0.340 e. The van der Waals surface area contributed by atoms with Crippen molar-refractivity contribution in [3.63, 3.8) is 0 Å². The van der Waals surface area contributed by atoms with E-state index in [0.29, 0.717) is 0 Å². The molecule has 0 unspecified atom stereocenters. The van der Waals surface area contributed by atoms with Crippen molar-refractivity contribution in [3.8, 4) is 0 Å². The Morgan fingerprint density at radius 2 is 1.48 bits per heavy atom. The van der Waals surface area contributed by atoms with Gasteiger partial charge in [0.1, 0.15) is 0 Å². The summed E-state index contributed by atoms with van der Waals surface area (Å²) in [6, 6.07) is 28.7. The molecule has 2 heteroatoms. The number of nitrogens with zero attached hydrogens (tertiary/aromatic N) is 2. The zero-order valence-electron chi connectivity index (χ0n) is 17.1. The second-order valence-corrected chi connectivity index (χ2v) is 8.32. The summed E-state index contributed by atoms with van der Waals surface area (Å²) >= 11 is 0. The molecule has 1 aromatic heterocycles. The minimum atomic E-state index is 0.953. The Labute approximate surface area is 173 Å². The average Bonchev–Trinajstić information content (AvgIpc) is 2.89. The van der Waals surface area contributed by atoms with E-state index >= 15 is 0 Å². The van der Waals surface area contributed by atoms with Gasteiger partial charge in [-0.15, -0.1) is 0 Å². The third-order valence-corrected chi connectivity index (χ3v) is 6.14. The van der Waals surface area contributed by atoms with Gasteiger partial charge in [0.15, 0.2) is 0 Å². The monoisotopic (exact) mass is 380 g/mol. The van der Waals surface area contributed by atoms with Crippen LogP contribution in [0.3, 0.4) is 0 Å². The van der Waals surface area contributed by atoms with E-state index in [9.17, 15) is 0 Å². The molecule has 0 saturated heterocycles. The lowest BCUT2D eigenvalue weighted by Crippen LogP contribution is -2.22. The molecule has 2 heterocycles. The molecule has 0 bridgehead atoms. The van der Waals surface area contributed by atoms with Crippen LogP contribution in [0.4, 0.5) is 0 Å². The number of benzene rings is 3. The molecule has 0 amide bonds. The van der Waals surface area contributed by atoms with Crippen LogP contribution in [0.15, 0.2) is 78.9 Å². The third-order valence-electron chi connectivity index (χ3n) is 6.14. The Bertz CT molecular complexity index is 1110. The predicted octanol–water partition coefficient (Wildman–Crippen LogP) is 5.95. The normalized spacial score (nSPS) is 14.7. The fourth-order valence-electron chi connectivity index (χ4n) is 4.75. The zero-order chi connectivity index (χ0) is 19.6. The van der Waals surface area contributed by atoms with E-state index < -0.39 is 0 Å². The lowest BCUT2D eigenvalue weighted by molar-refractivity contribution is 0.262. The van der Waals surface area contributed by atoms with Crippen LogP contribution in [-0.4, -0.2) is 16.0 Å². The van der Waals surface area contributed by atoms with Crippen molar-refractivity contribution in [2.24, 2.45) is 0 Å². The quantitative estimate of drug-likeness (QED) is 0.425. The Kier molecular flexibility index (Phi) is 4.95. The Morgan fingerprint density at radius 1 is 0.793 bits per heavy atom. The largest absolute Gasteiger partial charge is 0.340 e. The molecule has 0 fully saturated rings. The van der Waals surface area contributed by atoms with E-state index in [1.54, 1.807) is 0 Å². The molecule has 5 rings (SSSR count). The number of aromatic nitrogens is 1. The maximum Gasteiger partial charge on any atom is 0.0489 e. The topological polar surface area (TPSA) is 8.17 Å². The Balaban J connectivity index is 1.55. The fourth-order valence-corrected chi connectivity index (χ4v) is 4.75. The molecule has 29 heavy (non-hydrogen) atoms. The number of hydrogen-bond donors (Lipinski definition) is 0. The standard InChI is InChI=1S/C27H28N2/c1-21-14-15-27-24(17-21)25-20-28(18-22-9-4-2-5-10-22)16-8-13-26(25)29(27)19-23-11-6-3-7-12-23/h2-7,9-12,14-15,17H,8,13,16,18-20H2,1H3. The molecule has 3 aromatic carbocycles. The van der Waals surface area contributed by atoms with Gasteiger partial charge in [0.05, 0.1) is 0 Å². The highest BCUT2D eigenvalue weighted by Gasteiger charge is 2.22. The molecule has 0 atom stereocenters. The molecular formula is C27H28N2. The first-order chi connectivity index (χ1) is 14.3. The molecule has 146 valence electrons. The van der Waals surface area contributed by atoms with Gasteiger partial charge in [-0.05, 0) is 55.1 Å². The second kappa shape index (κ2) is 7.88. The van der Waals surface area contributed by atoms with Crippen molar-refractivity contribution >= 4 is 10.9 Å². The minimum absolute atomic E-state index is 0.953. The highest BCUT2D eigenvalue weighted by molar-refractivity contribution is 5.86. The summed E-state index contributed by atoms with van der Waals surface area (Å²) in [5.41, 5.74) is 8.57. The smallest absolute Gasteiger partial charge is 0.0489 e. The van der Waals surface area contributed by atoms with E-state index in [2.05, 4.69) is 95.3 Å². The first kappa shape index (κ1) is 18.2. The van der Waals surface area contributed by atoms with Gasteiger partial charge in [-0.2, -0.15) is 0 Å². The van der Waals surface area contributed by atoms with Crippen molar-refractivity contribution < 1.29 is 0 Å². The van der Waals surface area contributed by atoms with Gasteiger partial charge in [0.2, 0.25) is 0 Å². The number of rotatable bonds is 4. The average molecular weight is 381 g/mol. The van der Waals surface area contributed by atoms with Crippen LogP contribution in [0, 0.1) is 6.92 Å². The SMILES string of the molecule is Cc1ccc2c(c1)c1c(n2Cc2ccccc2)CCCN(Cc2ccccc2)C1. The Hall–Kier alpha value is -2.84. The molecular weight excluding hydrogens is 352 g/mol. The summed E-state index contributed by atoms with van der Waals surface area (Å²) in [6.45, 7) is 6.37. The van der Waals surface area contributed by atoms with Crippen molar-refractivity contribution in [1.82, 2.24) is 9.47 Å². The second-order valence-electron chi connectivity index (χ2n) is 8.32. The number of hydrogen-bond acceptors (Lipinski definition) is 1. The number of fused-ring (bicyclic) bond motifs is 3. The van der Waals surface area contributed by atoms with Gasteiger partial charge in [-0.25, -0.2) is 0 Å². The summed E-state index contributed by atoms with van der Waals surface area (Å²) < 4.78 is 2.57. The van der Waals surface area contributed by atoms with E-state index in [0.717, 1.165) is 32.6 Å². The van der Waals surface area contributed by atoms with Crippen LogP contribution in [0.1, 0.15) is 34.4 Å². The maximum atomic E-state index is 2.62. The van der Waals surface area contributed by atoms with Crippen LogP contribution < -0.4 is 0 Å². The van der Waals surface area contributed by atoms with Crippen LogP contribution in [0.5, 0.6) is 0 Å². The van der Waals surface area contributed by atoms with Gasteiger partial charge < -0.3 is 4.57 Å². The lowest BCUT2D eigenvalue weighted by Gasteiger charge is -2.20. The summed E-state index contributed by atoms with van der Waals surface area (Å²) in [5, 5.41) is 1.44. The summed E-state index contributed by atoms with van der Waals surface area (Å²) in [4.78, 5) is 2.62. The highest BCUT2D eigenvalue weighted by atomic mass is 15.1. The molecule has 1 aliphatic heterocycles. The highest BCUT2D eigenvalue weighted by Crippen LogP contribution is 2.32. The van der Waals surface area contributed by atoms with Crippen LogP contribution in [0.2, 0.25) is 0 Å². The van der Waals surface area contributed by atoms with Gasteiger partial charge in [-0.3, -0.25) is 4.90 Å². The van der Waals surface area contributed by atoms with Crippen molar-refractivity contribution in [2.75, 3.05) is 6.54 Å². The van der Waals surface area contributed by atoms with Gasteiger partial charge >= 0.3 is 0 Å². The summed E-state index contributed by atoms with van der Waals surface area (Å²) in [7, 11) is 0. The number of aryl methyl sites for hydroxylation is 1. The molecule has 0 saturated carbocycles. The maximum absolute atomic E-state index is 2.62. The first-order valence-electron chi connectivity index (χ1n) is 10.7. The van der Waals surface area contributed by atoms with E-state index in [-0.39, 0.29) is 0 Å². The zero-order valence-corrected chi connectivity index (χ0v) is 17.1. The molecule has 1 aliphatic rings. The van der Waals surface area contributed by atoms with Gasteiger partial charge in [0, 0.05) is 36.2 Å². The van der Waals surface area contributed by atoms with Crippen molar-refractivity contribution in [2.45, 2.75) is 39.4 Å². The van der Waals surface area contributed by atoms with Gasteiger partial charge in [-0.1, -0.05) is 72.3 Å². The molecule has 2 nitrogen and oxygen atoms in total. The van der Waals surface area contributed by atoms with E-state index in [1.165, 1.54) is 45.3 Å². The van der Waals surface area contributed by atoms with Crippen molar-refractivity contribution in [1.29, 1.82) is 0 Å². The van der Waals surface area contributed by atoms with Crippen LogP contribution in [0.25, 0.3) is 10.9 Å². The molecule has 0 aliphatic carbocycles. The molecule has 0 spiro atoms. The van der Waals surface area contributed by atoms with E-state index in [4.69, 9.17) is 0 Å². The van der Waals surface area contributed by atoms with Crippen LogP contribution >= 0.6 is 0 Å². The fraction of sp³-hybridized carbons (Fsp3) is 0.259. The van der Waals surface area contributed by atoms with E-state index in [1.807, 2.05) is 0 Å². The third kappa shape index (κ3) is 3.73. The van der Waals surface area contributed by atoms with Crippen molar-refractivity contribution in [3.05, 3.63) is 107 Å². The lowest BCUT2D eigenvalue weighted by atomic mass is 10.1. The van der Waals surface area contributed by atoms with Gasteiger partial charge in [0.25, 0.3) is 0 Å².